The number of nitrogens with two attached hydrogens (primary N) is 1. The fraction of sp³-hybridized carbons (Fsp3) is 0.542. The molecule has 0 aliphatic heterocycles. The lowest BCUT2D eigenvalue weighted by atomic mass is 9.75. The Hall–Kier alpha value is -3.03. The minimum Gasteiger partial charge on any atom is -0.507 e. The van der Waals surface area contributed by atoms with Gasteiger partial charge in [-0.15, -0.1) is 0 Å². The predicted octanol–water partition coefficient (Wildman–Crippen LogP) is 3.12. The number of amides is 1. The zero-order valence-corrected chi connectivity index (χ0v) is 20.0. The van der Waals surface area contributed by atoms with Crippen LogP contribution in [0.15, 0.2) is 16.9 Å². The second-order valence-electron chi connectivity index (χ2n) is 10.1. The molecule has 0 spiro atoms. The molecule has 1 unspecified atom stereocenters. The number of benzene rings is 1. The van der Waals surface area contributed by atoms with Gasteiger partial charge in [0, 0.05) is 17.9 Å². The van der Waals surface area contributed by atoms with Gasteiger partial charge in [-0.05, 0) is 34.4 Å². The van der Waals surface area contributed by atoms with Crippen LogP contribution in [0, 0.1) is 0 Å². The molecule has 8 nitrogen and oxygen atoms in total. The molecule has 0 fully saturated rings. The third-order valence-electron chi connectivity index (χ3n) is 5.43. The normalized spacial score (nSPS) is 13.1. The summed E-state index contributed by atoms with van der Waals surface area (Å²) in [6, 6.07) is 3.64. The fourth-order valence-corrected chi connectivity index (χ4v) is 3.86. The maximum Gasteiger partial charge on any atom is 0.311 e. The number of nitrogens with one attached hydrogen (secondary N) is 2. The quantitative estimate of drug-likeness (QED) is 0.485. The number of hydrogen-bond acceptors (Lipinski definition) is 5. The Morgan fingerprint density at radius 1 is 1.06 bits per heavy atom. The molecule has 176 valence electrons. The highest BCUT2D eigenvalue weighted by Gasteiger charge is 2.31. The average molecular weight is 446 g/mol. The summed E-state index contributed by atoms with van der Waals surface area (Å²) < 4.78 is 5.02. The van der Waals surface area contributed by atoms with Gasteiger partial charge in [0.1, 0.15) is 5.75 Å². The van der Waals surface area contributed by atoms with Crippen molar-refractivity contribution in [3.63, 3.8) is 0 Å². The summed E-state index contributed by atoms with van der Waals surface area (Å²) in [6.45, 7) is 13.8. The number of hydrogen-bond donors (Lipinski definition) is 4. The van der Waals surface area contributed by atoms with Crippen LogP contribution in [-0.2, 0) is 31.6 Å². The summed E-state index contributed by atoms with van der Waals surface area (Å²) in [5.74, 6) is -1.57. The van der Waals surface area contributed by atoms with Crippen molar-refractivity contribution in [1.29, 1.82) is 0 Å². The number of aromatic nitrogens is 2. The molecule has 0 saturated carbocycles. The largest absolute Gasteiger partial charge is 0.507 e. The lowest BCUT2D eigenvalue weighted by Gasteiger charge is -2.29. The molecule has 2 aromatic rings. The summed E-state index contributed by atoms with van der Waals surface area (Å²) in [6.07, 6.45) is -0.276. The van der Waals surface area contributed by atoms with Gasteiger partial charge in [-0.25, -0.2) is 0 Å². The van der Waals surface area contributed by atoms with E-state index in [4.69, 9.17) is 10.5 Å². The highest BCUT2D eigenvalue weighted by atomic mass is 16.5. The number of phenolic OH excluding ortho intramolecular Hbond substituents is 1. The molecule has 1 atom stereocenters. The van der Waals surface area contributed by atoms with Gasteiger partial charge in [0.25, 0.3) is 5.56 Å². The van der Waals surface area contributed by atoms with Crippen molar-refractivity contribution >= 4 is 11.9 Å². The van der Waals surface area contributed by atoms with Crippen molar-refractivity contribution in [2.24, 2.45) is 5.73 Å². The van der Waals surface area contributed by atoms with Crippen LogP contribution < -0.4 is 11.3 Å². The van der Waals surface area contributed by atoms with Crippen molar-refractivity contribution in [2.75, 3.05) is 6.61 Å². The second kappa shape index (κ2) is 9.22. The van der Waals surface area contributed by atoms with E-state index in [2.05, 4.69) is 10.2 Å². The SMILES string of the molecule is CCOC(=O)Cc1[nH][nH]c(=O)c1C(CC(N)=O)c1cc(C(C)(C)C)c(O)c(C(C)(C)C)c1. The minimum atomic E-state index is -0.699. The number of aromatic hydroxyl groups is 1. The third kappa shape index (κ3) is 5.60. The Labute approximate surface area is 188 Å². The van der Waals surface area contributed by atoms with E-state index in [1.165, 1.54) is 0 Å². The molecular weight excluding hydrogens is 410 g/mol. The number of phenols is 1. The van der Waals surface area contributed by atoms with Crippen LogP contribution >= 0.6 is 0 Å². The number of rotatable bonds is 7. The van der Waals surface area contributed by atoms with E-state index in [0.29, 0.717) is 22.4 Å². The summed E-state index contributed by atoms with van der Waals surface area (Å²) in [5.41, 5.74) is 7.04. The Morgan fingerprint density at radius 3 is 2.03 bits per heavy atom. The molecule has 1 aromatic carbocycles. The molecule has 0 aliphatic rings. The summed E-state index contributed by atoms with van der Waals surface area (Å²) in [4.78, 5) is 36.9. The van der Waals surface area contributed by atoms with Crippen molar-refractivity contribution in [1.82, 2.24) is 10.2 Å². The molecule has 1 aromatic heterocycles. The average Bonchev–Trinajstić information content (AvgIpc) is 2.98. The molecule has 1 amide bonds. The van der Waals surface area contributed by atoms with Crippen molar-refractivity contribution in [3.05, 3.63) is 50.4 Å². The molecule has 0 saturated heterocycles. The maximum absolute atomic E-state index is 12.8. The molecule has 2 rings (SSSR count). The van der Waals surface area contributed by atoms with Crippen LogP contribution in [0.3, 0.4) is 0 Å². The Morgan fingerprint density at radius 2 is 1.59 bits per heavy atom. The first-order chi connectivity index (χ1) is 14.7. The van der Waals surface area contributed by atoms with Gasteiger partial charge in [-0.3, -0.25) is 19.5 Å². The number of carbonyl (C=O) groups excluding carboxylic acids is 2. The molecule has 32 heavy (non-hydrogen) atoms. The highest BCUT2D eigenvalue weighted by Crippen LogP contribution is 2.42. The van der Waals surface area contributed by atoms with E-state index in [1.807, 2.05) is 53.7 Å². The summed E-state index contributed by atoms with van der Waals surface area (Å²) in [5, 5.41) is 16.3. The van der Waals surface area contributed by atoms with E-state index in [-0.39, 0.29) is 30.8 Å². The molecule has 0 radical (unpaired) electrons. The number of aromatic amines is 2. The van der Waals surface area contributed by atoms with E-state index in [9.17, 15) is 19.5 Å². The Bertz CT molecular complexity index is 1020. The van der Waals surface area contributed by atoms with E-state index < -0.39 is 34.2 Å². The first kappa shape index (κ1) is 25.2. The topological polar surface area (TPSA) is 138 Å². The van der Waals surface area contributed by atoms with Crippen LogP contribution in [0.4, 0.5) is 0 Å². The first-order valence-electron chi connectivity index (χ1n) is 10.8. The summed E-state index contributed by atoms with van der Waals surface area (Å²) >= 11 is 0. The highest BCUT2D eigenvalue weighted by molar-refractivity contribution is 5.76. The number of H-pyrrole nitrogens is 2. The molecular formula is C24H35N3O5. The first-order valence-corrected chi connectivity index (χ1v) is 10.8. The Balaban J connectivity index is 2.78. The Kier molecular flexibility index (Phi) is 7.27. The monoisotopic (exact) mass is 445 g/mol. The number of esters is 1. The molecule has 1 heterocycles. The van der Waals surface area contributed by atoms with Crippen molar-refractivity contribution in [3.8, 4) is 5.75 Å². The molecule has 0 bridgehead atoms. The van der Waals surface area contributed by atoms with E-state index in [1.54, 1.807) is 6.92 Å². The zero-order valence-electron chi connectivity index (χ0n) is 20.0. The van der Waals surface area contributed by atoms with E-state index >= 15 is 0 Å². The predicted molar refractivity (Wildman–Crippen MR) is 123 cm³/mol. The van der Waals surface area contributed by atoms with Gasteiger partial charge in [-0.2, -0.15) is 0 Å². The number of ether oxygens (including phenoxy) is 1. The van der Waals surface area contributed by atoms with Crippen LogP contribution in [0.2, 0.25) is 0 Å². The van der Waals surface area contributed by atoms with Crippen molar-refractivity contribution < 1.29 is 19.4 Å². The smallest absolute Gasteiger partial charge is 0.311 e. The zero-order chi connectivity index (χ0) is 24.4. The van der Waals surface area contributed by atoms with Gasteiger partial charge in [0.2, 0.25) is 5.91 Å². The van der Waals surface area contributed by atoms with Gasteiger partial charge >= 0.3 is 5.97 Å². The third-order valence-corrected chi connectivity index (χ3v) is 5.43. The lowest BCUT2D eigenvalue weighted by molar-refractivity contribution is -0.142. The number of carbonyl (C=O) groups is 2. The fourth-order valence-electron chi connectivity index (χ4n) is 3.86. The van der Waals surface area contributed by atoms with Gasteiger partial charge in [0.05, 0.1) is 18.7 Å². The van der Waals surface area contributed by atoms with Gasteiger partial charge < -0.3 is 20.7 Å². The van der Waals surface area contributed by atoms with Crippen LogP contribution in [0.1, 0.15) is 88.8 Å². The molecule has 5 N–H and O–H groups in total. The standard InChI is InChI=1S/C24H35N3O5/c1-8-32-19(29)12-17-20(22(31)27-26-17)14(11-18(25)28)13-9-15(23(2,3)4)21(30)16(10-13)24(5,6)7/h9-10,14,30H,8,11-12H2,1-7H3,(H2,25,28)(H2,26,27,31). The number of primary amides is 1. The molecule has 8 heteroatoms. The summed E-state index contributed by atoms with van der Waals surface area (Å²) in [7, 11) is 0. The lowest BCUT2D eigenvalue weighted by Crippen LogP contribution is -2.24. The minimum absolute atomic E-state index is 0.130. The molecule has 0 aliphatic carbocycles. The van der Waals surface area contributed by atoms with Crippen LogP contribution in [0.5, 0.6) is 5.75 Å². The van der Waals surface area contributed by atoms with Crippen LogP contribution in [-0.4, -0.2) is 33.8 Å². The van der Waals surface area contributed by atoms with Gasteiger partial charge in [0.15, 0.2) is 0 Å². The van der Waals surface area contributed by atoms with Crippen LogP contribution in [0.25, 0.3) is 0 Å². The second-order valence-corrected chi connectivity index (χ2v) is 10.1. The van der Waals surface area contributed by atoms with Gasteiger partial charge in [-0.1, -0.05) is 53.7 Å². The van der Waals surface area contributed by atoms with E-state index in [0.717, 1.165) is 0 Å². The van der Waals surface area contributed by atoms with Crippen molar-refractivity contribution in [2.45, 2.75) is 78.1 Å². The maximum atomic E-state index is 12.8.